The number of primary amides is 1. The Hall–Kier alpha value is -2.55. The van der Waals surface area contributed by atoms with Gasteiger partial charge in [-0.1, -0.05) is 18.2 Å². The molecule has 1 aliphatic rings. The van der Waals surface area contributed by atoms with Crippen LogP contribution in [-0.2, 0) is 11.3 Å². The van der Waals surface area contributed by atoms with Gasteiger partial charge < -0.3 is 16.2 Å². The minimum atomic E-state index is -5.08. The average molecular weight is 344 g/mol. The van der Waals surface area contributed by atoms with E-state index in [2.05, 4.69) is 11.4 Å². The van der Waals surface area contributed by atoms with Crippen molar-refractivity contribution in [2.24, 2.45) is 5.73 Å². The van der Waals surface area contributed by atoms with Crippen molar-refractivity contribution in [1.29, 1.82) is 0 Å². The molecule has 0 saturated carbocycles. The summed E-state index contributed by atoms with van der Waals surface area (Å²) in [6.45, 7) is 0.760. The van der Waals surface area contributed by atoms with Crippen molar-refractivity contribution in [3.8, 4) is 10.4 Å². The Morgan fingerprint density at radius 3 is 2.43 bits per heavy atom. The number of alkyl halides is 3. The summed E-state index contributed by atoms with van der Waals surface area (Å²) in [7, 11) is 0. The summed E-state index contributed by atoms with van der Waals surface area (Å²) in [5.41, 5.74) is 8.72. The van der Waals surface area contributed by atoms with Crippen LogP contribution in [0.25, 0.3) is 10.4 Å². The van der Waals surface area contributed by atoms with Crippen LogP contribution in [0.15, 0.2) is 30.3 Å². The molecule has 0 radical (unpaired) electrons. The number of thiophene rings is 1. The molecule has 0 bridgehead atoms. The van der Waals surface area contributed by atoms with Crippen LogP contribution in [0.3, 0.4) is 0 Å². The number of nitrogens with two attached hydrogens (primary N) is 1. The summed E-state index contributed by atoms with van der Waals surface area (Å²) < 4.78 is 31.7. The van der Waals surface area contributed by atoms with E-state index in [0.717, 1.165) is 28.2 Å². The number of carboxylic acid groups (broad SMARTS) is 1. The highest BCUT2D eigenvalue weighted by Gasteiger charge is 2.38. The predicted octanol–water partition coefficient (Wildman–Crippen LogP) is 3.07. The summed E-state index contributed by atoms with van der Waals surface area (Å²) >= 11 is 1.47. The number of aliphatic carboxylic acids is 1. The van der Waals surface area contributed by atoms with Crippen molar-refractivity contribution in [1.82, 2.24) is 0 Å². The van der Waals surface area contributed by atoms with Gasteiger partial charge in [-0.3, -0.25) is 4.79 Å². The van der Waals surface area contributed by atoms with Gasteiger partial charge in [0.2, 0.25) is 0 Å². The SMILES string of the molecule is NC(=O)c1cc2c(s1)-c1ccccc1NC2.O=C(O)C(F)(F)F. The van der Waals surface area contributed by atoms with Crippen LogP contribution in [0, 0.1) is 0 Å². The highest BCUT2D eigenvalue weighted by molar-refractivity contribution is 7.17. The van der Waals surface area contributed by atoms with Crippen molar-refractivity contribution in [3.63, 3.8) is 0 Å². The number of carbonyl (C=O) groups excluding carboxylic acids is 1. The molecule has 5 nitrogen and oxygen atoms in total. The molecular weight excluding hydrogens is 333 g/mol. The molecule has 0 unspecified atom stereocenters. The van der Waals surface area contributed by atoms with Crippen LogP contribution in [0.4, 0.5) is 18.9 Å². The lowest BCUT2D eigenvalue weighted by Crippen LogP contribution is -2.21. The van der Waals surface area contributed by atoms with E-state index in [1.54, 1.807) is 0 Å². The quantitative estimate of drug-likeness (QED) is 0.741. The highest BCUT2D eigenvalue weighted by Crippen LogP contribution is 2.40. The molecule has 2 heterocycles. The van der Waals surface area contributed by atoms with E-state index in [4.69, 9.17) is 15.6 Å². The number of rotatable bonds is 1. The average Bonchev–Trinajstić information content (AvgIpc) is 2.91. The second-order valence-electron chi connectivity index (χ2n) is 4.53. The monoisotopic (exact) mass is 344 g/mol. The lowest BCUT2D eigenvalue weighted by Gasteiger charge is -2.17. The van der Waals surface area contributed by atoms with Gasteiger partial charge >= 0.3 is 12.1 Å². The zero-order valence-corrected chi connectivity index (χ0v) is 12.3. The van der Waals surface area contributed by atoms with Crippen molar-refractivity contribution in [2.45, 2.75) is 12.7 Å². The topological polar surface area (TPSA) is 92.4 Å². The van der Waals surface area contributed by atoms with E-state index in [1.165, 1.54) is 11.3 Å². The molecule has 9 heteroatoms. The van der Waals surface area contributed by atoms with Crippen LogP contribution in [0.1, 0.15) is 15.2 Å². The van der Waals surface area contributed by atoms with Gasteiger partial charge in [0.1, 0.15) is 0 Å². The fourth-order valence-electron chi connectivity index (χ4n) is 1.94. The summed E-state index contributed by atoms with van der Waals surface area (Å²) in [5.74, 6) is -3.11. The summed E-state index contributed by atoms with van der Waals surface area (Å²) in [5, 5.41) is 10.5. The maximum Gasteiger partial charge on any atom is 0.490 e. The Kier molecular flexibility index (Phi) is 4.60. The standard InChI is InChI=1S/C12H10N2OS.C2HF3O2/c13-12(15)10-5-7-6-14-9-4-2-1-3-8(9)11(7)16-10;3-2(4,5)1(6)7/h1-5,14H,6H2,(H2,13,15);(H,6,7). The number of hydrogen-bond acceptors (Lipinski definition) is 4. The van der Waals surface area contributed by atoms with Crippen LogP contribution >= 0.6 is 11.3 Å². The molecule has 0 spiro atoms. The molecule has 0 aliphatic carbocycles. The second kappa shape index (κ2) is 6.29. The summed E-state index contributed by atoms with van der Waals surface area (Å²) in [4.78, 5) is 21.8. The molecule has 0 fully saturated rings. The number of carbonyl (C=O) groups is 2. The maximum absolute atomic E-state index is 11.1. The number of nitrogens with one attached hydrogen (secondary N) is 1. The Bertz CT molecular complexity index is 756. The van der Waals surface area contributed by atoms with Crippen LogP contribution in [0.5, 0.6) is 0 Å². The van der Waals surface area contributed by atoms with E-state index in [0.29, 0.717) is 4.88 Å². The van der Waals surface area contributed by atoms with Crippen LogP contribution < -0.4 is 11.1 Å². The number of fused-ring (bicyclic) bond motifs is 3. The fourth-order valence-corrected chi connectivity index (χ4v) is 3.01. The zero-order valence-electron chi connectivity index (χ0n) is 11.5. The number of amides is 1. The number of hydrogen-bond donors (Lipinski definition) is 3. The molecule has 0 atom stereocenters. The third-order valence-electron chi connectivity index (χ3n) is 2.94. The minimum Gasteiger partial charge on any atom is -0.475 e. The molecule has 2 aromatic rings. The van der Waals surface area contributed by atoms with Gasteiger partial charge in [0, 0.05) is 22.7 Å². The van der Waals surface area contributed by atoms with Crippen molar-refractivity contribution >= 4 is 28.9 Å². The number of para-hydroxylation sites is 1. The zero-order chi connectivity index (χ0) is 17.2. The van der Waals surface area contributed by atoms with E-state index in [-0.39, 0.29) is 5.91 Å². The van der Waals surface area contributed by atoms with Gasteiger partial charge in [-0.25, -0.2) is 4.79 Å². The number of carboxylic acids is 1. The first-order valence-electron chi connectivity index (χ1n) is 6.26. The number of benzene rings is 1. The molecule has 3 rings (SSSR count). The van der Waals surface area contributed by atoms with Gasteiger partial charge in [-0.2, -0.15) is 13.2 Å². The molecule has 1 aromatic heterocycles. The van der Waals surface area contributed by atoms with E-state index >= 15 is 0 Å². The molecule has 23 heavy (non-hydrogen) atoms. The van der Waals surface area contributed by atoms with Gasteiger partial charge in [0.15, 0.2) is 0 Å². The molecule has 1 amide bonds. The van der Waals surface area contributed by atoms with Gasteiger partial charge in [0.25, 0.3) is 5.91 Å². The second-order valence-corrected chi connectivity index (χ2v) is 5.58. The molecular formula is C14H11F3N2O3S. The lowest BCUT2D eigenvalue weighted by atomic mass is 10.0. The number of anilines is 1. The third-order valence-corrected chi connectivity index (χ3v) is 4.16. The normalized spacial score (nSPS) is 12.1. The molecule has 122 valence electrons. The van der Waals surface area contributed by atoms with E-state index in [1.807, 2.05) is 24.3 Å². The Morgan fingerprint density at radius 2 is 1.87 bits per heavy atom. The fraction of sp³-hybridized carbons (Fsp3) is 0.143. The Labute approximate surface area is 132 Å². The van der Waals surface area contributed by atoms with Crippen molar-refractivity contribution in [3.05, 3.63) is 40.8 Å². The van der Waals surface area contributed by atoms with Crippen LogP contribution in [0.2, 0.25) is 0 Å². The first-order valence-corrected chi connectivity index (χ1v) is 7.07. The largest absolute Gasteiger partial charge is 0.490 e. The van der Waals surface area contributed by atoms with Crippen molar-refractivity contribution in [2.75, 3.05) is 5.32 Å². The van der Waals surface area contributed by atoms with Crippen molar-refractivity contribution < 1.29 is 27.9 Å². The smallest absolute Gasteiger partial charge is 0.475 e. The maximum atomic E-state index is 11.1. The number of halogens is 3. The van der Waals surface area contributed by atoms with E-state index in [9.17, 15) is 18.0 Å². The first kappa shape index (κ1) is 16.8. The molecule has 1 aromatic carbocycles. The Morgan fingerprint density at radius 1 is 1.26 bits per heavy atom. The Balaban J connectivity index is 0.000000236. The van der Waals surface area contributed by atoms with E-state index < -0.39 is 12.1 Å². The molecule has 4 N–H and O–H groups in total. The molecule has 1 aliphatic heterocycles. The minimum absolute atomic E-state index is 0.350. The first-order chi connectivity index (χ1) is 10.7. The van der Waals surface area contributed by atoms with Crippen LogP contribution in [-0.4, -0.2) is 23.2 Å². The summed E-state index contributed by atoms with van der Waals surface area (Å²) in [6.07, 6.45) is -5.08. The molecule has 0 saturated heterocycles. The van der Waals surface area contributed by atoms with Gasteiger partial charge in [-0.15, -0.1) is 11.3 Å². The highest BCUT2D eigenvalue weighted by atomic mass is 32.1. The third kappa shape index (κ3) is 3.81. The summed E-state index contributed by atoms with van der Waals surface area (Å²) in [6, 6.07) is 9.98. The lowest BCUT2D eigenvalue weighted by molar-refractivity contribution is -0.192. The van der Waals surface area contributed by atoms with Gasteiger partial charge in [-0.05, 0) is 17.7 Å². The predicted molar refractivity (Wildman–Crippen MR) is 79.3 cm³/mol. The van der Waals surface area contributed by atoms with Gasteiger partial charge in [0.05, 0.1) is 4.88 Å².